The molecule has 0 aliphatic heterocycles. The Bertz CT molecular complexity index is 660. The number of ether oxygens (including phenoxy) is 1. The molecule has 8 heteroatoms. The van der Waals surface area contributed by atoms with E-state index in [1.807, 2.05) is 0 Å². The first-order chi connectivity index (χ1) is 10.4. The van der Waals surface area contributed by atoms with E-state index in [0.717, 1.165) is 6.20 Å². The van der Waals surface area contributed by atoms with E-state index in [0.29, 0.717) is 5.69 Å². The zero-order valence-corrected chi connectivity index (χ0v) is 11.5. The number of nitrogens with zero attached hydrogens (tertiary/aromatic N) is 2. The maximum atomic E-state index is 12.7. The fourth-order valence-corrected chi connectivity index (χ4v) is 1.63. The van der Waals surface area contributed by atoms with Gasteiger partial charge in [-0.15, -0.1) is 0 Å². The number of hydrogen-bond acceptors (Lipinski definition) is 5. The van der Waals surface area contributed by atoms with Gasteiger partial charge in [0.1, 0.15) is 11.4 Å². The first-order valence-corrected chi connectivity index (χ1v) is 6.35. The van der Waals surface area contributed by atoms with Gasteiger partial charge in [-0.25, -0.2) is 14.8 Å². The minimum absolute atomic E-state index is 0.0879. The molecule has 0 amide bonds. The van der Waals surface area contributed by atoms with Gasteiger partial charge in [0.2, 0.25) is 5.82 Å². The molecule has 0 saturated carbocycles. The van der Waals surface area contributed by atoms with Crippen LogP contribution in [0.4, 0.5) is 24.7 Å². The van der Waals surface area contributed by atoms with Gasteiger partial charge in [-0.3, -0.25) is 0 Å². The van der Waals surface area contributed by atoms with Crippen molar-refractivity contribution in [2.45, 2.75) is 13.1 Å². The van der Waals surface area contributed by atoms with E-state index in [1.165, 1.54) is 0 Å². The van der Waals surface area contributed by atoms with Crippen LogP contribution in [0, 0.1) is 0 Å². The van der Waals surface area contributed by atoms with E-state index in [-0.39, 0.29) is 18.0 Å². The molecular formula is C14H12F3N3O2. The Balaban J connectivity index is 2.43. The van der Waals surface area contributed by atoms with Crippen molar-refractivity contribution < 1.29 is 22.7 Å². The summed E-state index contributed by atoms with van der Waals surface area (Å²) >= 11 is 0. The van der Waals surface area contributed by atoms with E-state index in [4.69, 9.17) is 4.74 Å². The lowest BCUT2D eigenvalue weighted by Crippen LogP contribution is -2.16. The van der Waals surface area contributed by atoms with E-state index >= 15 is 0 Å². The predicted molar refractivity (Wildman–Crippen MR) is 72.7 cm³/mol. The van der Waals surface area contributed by atoms with E-state index in [2.05, 4.69) is 15.3 Å². The second-order valence-electron chi connectivity index (χ2n) is 4.17. The molecule has 0 bridgehead atoms. The molecule has 1 N–H and O–H groups in total. The first-order valence-electron chi connectivity index (χ1n) is 6.35. The molecule has 0 unspecified atom stereocenters. The van der Waals surface area contributed by atoms with Crippen LogP contribution in [0.1, 0.15) is 23.1 Å². The monoisotopic (exact) mass is 311 g/mol. The highest BCUT2D eigenvalue weighted by molar-refractivity contribution is 5.95. The number of benzene rings is 1. The molecule has 0 spiro atoms. The van der Waals surface area contributed by atoms with Gasteiger partial charge < -0.3 is 10.1 Å². The summed E-state index contributed by atoms with van der Waals surface area (Å²) in [4.78, 5) is 18.4. The number of carbonyl (C=O) groups excluding carboxylic acids is 1. The Morgan fingerprint density at radius 1 is 1.27 bits per heavy atom. The van der Waals surface area contributed by atoms with E-state index < -0.39 is 18.0 Å². The van der Waals surface area contributed by atoms with Crippen molar-refractivity contribution in [1.29, 1.82) is 0 Å². The summed E-state index contributed by atoms with van der Waals surface area (Å²) in [6, 6.07) is 8.39. The molecule has 1 aromatic heterocycles. The van der Waals surface area contributed by atoms with Crippen molar-refractivity contribution in [3.63, 3.8) is 0 Å². The molecule has 0 fully saturated rings. The van der Waals surface area contributed by atoms with Crippen LogP contribution in [0.3, 0.4) is 0 Å². The third kappa shape index (κ3) is 3.72. The zero-order chi connectivity index (χ0) is 16.2. The van der Waals surface area contributed by atoms with Gasteiger partial charge in [0, 0.05) is 11.9 Å². The van der Waals surface area contributed by atoms with Gasteiger partial charge >= 0.3 is 12.1 Å². The van der Waals surface area contributed by atoms with Gasteiger partial charge in [-0.05, 0) is 19.1 Å². The fraction of sp³-hybridized carbons (Fsp3) is 0.214. The number of halogens is 3. The Labute approximate surface area is 124 Å². The molecular weight excluding hydrogens is 299 g/mol. The largest absolute Gasteiger partial charge is 0.462 e. The lowest BCUT2D eigenvalue weighted by molar-refractivity contribution is -0.144. The molecule has 0 radical (unpaired) electrons. The fourth-order valence-electron chi connectivity index (χ4n) is 1.63. The summed E-state index contributed by atoms with van der Waals surface area (Å²) in [5.41, 5.74) is 0.318. The number of aromatic nitrogens is 2. The quantitative estimate of drug-likeness (QED) is 0.877. The Morgan fingerprint density at radius 2 is 1.95 bits per heavy atom. The van der Waals surface area contributed by atoms with Crippen LogP contribution in [0.2, 0.25) is 0 Å². The Kier molecular flexibility index (Phi) is 4.59. The van der Waals surface area contributed by atoms with Crippen LogP contribution in [0.25, 0.3) is 0 Å². The second-order valence-corrected chi connectivity index (χ2v) is 4.17. The number of nitrogens with one attached hydrogen (secondary N) is 1. The second kappa shape index (κ2) is 6.42. The third-order valence-electron chi connectivity index (χ3n) is 2.57. The number of anilines is 2. The van der Waals surface area contributed by atoms with Crippen molar-refractivity contribution in [2.24, 2.45) is 0 Å². The third-order valence-corrected chi connectivity index (χ3v) is 2.57. The van der Waals surface area contributed by atoms with Crippen molar-refractivity contribution in [3.8, 4) is 0 Å². The van der Waals surface area contributed by atoms with Crippen LogP contribution in [-0.4, -0.2) is 22.5 Å². The molecule has 2 aromatic rings. The van der Waals surface area contributed by atoms with Crippen LogP contribution < -0.4 is 5.32 Å². The molecule has 1 heterocycles. The number of hydrogen-bond donors (Lipinski definition) is 1. The Hall–Kier alpha value is -2.64. The van der Waals surface area contributed by atoms with Gasteiger partial charge in [0.15, 0.2) is 0 Å². The highest BCUT2D eigenvalue weighted by atomic mass is 19.4. The summed E-state index contributed by atoms with van der Waals surface area (Å²) in [5, 5.41) is 2.67. The average Bonchev–Trinajstić information content (AvgIpc) is 2.47. The molecule has 0 aliphatic rings. The lowest BCUT2D eigenvalue weighted by Gasteiger charge is -2.12. The minimum atomic E-state index is -4.71. The van der Waals surface area contributed by atoms with Gasteiger partial charge in [0.05, 0.1) is 6.61 Å². The van der Waals surface area contributed by atoms with Gasteiger partial charge in [-0.2, -0.15) is 13.2 Å². The molecule has 116 valence electrons. The highest BCUT2D eigenvalue weighted by Crippen LogP contribution is 2.28. The molecule has 5 nitrogen and oxygen atoms in total. The van der Waals surface area contributed by atoms with Crippen LogP contribution >= 0.6 is 0 Å². The minimum Gasteiger partial charge on any atom is -0.462 e. The maximum Gasteiger partial charge on any atom is 0.451 e. The van der Waals surface area contributed by atoms with Crippen molar-refractivity contribution in [2.75, 3.05) is 11.9 Å². The Morgan fingerprint density at radius 3 is 2.55 bits per heavy atom. The summed E-state index contributed by atoms with van der Waals surface area (Å²) in [5.74, 6) is -2.39. The predicted octanol–water partition coefficient (Wildman–Crippen LogP) is 3.42. The summed E-state index contributed by atoms with van der Waals surface area (Å²) < 4.78 is 42.9. The molecule has 0 saturated heterocycles. The molecule has 22 heavy (non-hydrogen) atoms. The lowest BCUT2D eigenvalue weighted by atomic mass is 10.2. The first kappa shape index (κ1) is 15.7. The topological polar surface area (TPSA) is 64.1 Å². The summed E-state index contributed by atoms with van der Waals surface area (Å²) in [6.07, 6.45) is -3.90. The number of carbonyl (C=O) groups is 1. The molecule has 2 rings (SSSR count). The standard InChI is InChI=1S/C14H12F3N3O2/c1-2-22-12(21)10-8-18-13(14(15,16)17)20-11(10)19-9-6-4-3-5-7-9/h3-8H,2H2,1H3,(H,18,19,20). The number of alkyl halides is 3. The van der Waals surface area contributed by atoms with E-state index in [9.17, 15) is 18.0 Å². The molecule has 1 aromatic carbocycles. The van der Waals surface area contributed by atoms with Crippen molar-refractivity contribution >= 4 is 17.5 Å². The SMILES string of the molecule is CCOC(=O)c1cnc(C(F)(F)F)nc1Nc1ccccc1. The summed E-state index contributed by atoms with van der Waals surface area (Å²) in [7, 11) is 0. The average molecular weight is 311 g/mol. The number of para-hydroxylation sites is 1. The molecule has 0 aliphatic carbocycles. The smallest absolute Gasteiger partial charge is 0.451 e. The normalized spacial score (nSPS) is 11.1. The summed E-state index contributed by atoms with van der Waals surface area (Å²) in [6.45, 7) is 1.68. The zero-order valence-electron chi connectivity index (χ0n) is 11.5. The maximum absolute atomic E-state index is 12.7. The van der Waals surface area contributed by atoms with Crippen LogP contribution in [-0.2, 0) is 10.9 Å². The van der Waals surface area contributed by atoms with Crippen LogP contribution in [0.15, 0.2) is 36.5 Å². The number of rotatable bonds is 4. The molecule has 0 atom stereocenters. The van der Waals surface area contributed by atoms with Crippen LogP contribution in [0.5, 0.6) is 0 Å². The van der Waals surface area contributed by atoms with Gasteiger partial charge in [-0.1, -0.05) is 18.2 Å². The van der Waals surface area contributed by atoms with Gasteiger partial charge in [0.25, 0.3) is 0 Å². The van der Waals surface area contributed by atoms with Crippen molar-refractivity contribution in [1.82, 2.24) is 9.97 Å². The van der Waals surface area contributed by atoms with E-state index in [1.54, 1.807) is 37.3 Å². The van der Waals surface area contributed by atoms with Crippen molar-refractivity contribution in [3.05, 3.63) is 47.9 Å². The highest BCUT2D eigenvalue weighted by Gasteiger charge is 2.35. The number of esters is 1.